The fourth-order valence-electron chi connectivity index (χ4n) is 1.14. The first-order chi connectivity index (χ1) is 8.66. The molecule has 0 aromatic heterocycles. The van der Waals surface area contributed by atoms with Gasteiger partial charge in [-0.3, -0.25) is 4.79 Å². The zero-order valence-corrected chi connectivity index (χ0v) is 10.9. The van der Waals surface area contributed by atoms with E-state index in [1.54, 1.807) is 5.92 Å². The van der Waals surface area contributed by atoms with Gasteiger partial charge >= 0.3 is 11.9 Å². The molecular weight excluding hydrogens is 278 g/mol. The van der Waals surface area contributed by atoms with Crippen LogP contribution in [0.5, 0.6) is 5.75 Å². The highest BCUT2D eigenvalue weighted by Gasteiger charge is 2.40. The van der Waals surface area contributed by atoms with Crippen LogP contribution in [0.4, 0.5) is 8.78 Å². The summed E-state index contributed by atoms with van der Waals surface area (Å²) >= 11 is 0. The zero-order valence-electron chi connectivity index (χ0n) is 10.1. The Balaban J connectivity index is 2.94. The molecule has 0 aliphatic carbocycles. The molecule has 0 bridgehead atoms. The van der Waals surface area contributed by atoms with Crippen LogP contribution in [0, 0.1) is 11.8 Å². The van der Waals surface area contributed by atoms with Crippen LogP contribution in [-0.4, -0.2) is 26.6 Å². The van der Waals surface area contributed by atoms with Crippen LogP contribution in [0.2, 0.25) is 0 Å². The molecule has 102 valence electrons. The maximum absolute atomic E-state index is 13.2. The minimum absolute atomic E-state index is 0.0390. The van der Waals surface area contributed by atoms with E-state index >= 15 is 0 Å². The molecule has 0 radical (unpaired) electrons. The van der Waals surface area contributed by atoms with Gasteiger partial charge in [-0.2, -0.15) is 8.78 Å². The molecule has 0 heterocycles. The van der Waals surface area contributed by atoms with Crippen LogP contribution in [0.15, 0.2) is 29.2 Å². The molecule has 0 atom stereocenters. The molecule has 0 aliphatic rings. The second-order valence-corrected chi connectivity index (χ2v) is 5.58. The van der Waals surface area contributed by atoms with E-state index in [2.05, 4.69) is 4.74 Å². The van der Waals surface area contributed by atoms with Gasteiger partial charge in [0.1, 0.15) is 5.75 Å². The van der Waals surface area contributed by atoms with E-state index in [-0.39, 0.29) is 10.6 Å². The molecule has 0 spiro atoms. The summed E-state index contributed by atoms with van der Waals surface area (Å²) in [5, 5.41) is 0. The monoisotopic (exact) mass is 288 g/mol. The van der Waals surface area contributed by atoms with E-state index in [1.807, 2.05) is 5.92 Å². The minimum atomic E-state index is -4.07. The summed E-state index contributed by atoms with van der Waals surface area (Å²) in [6.07, 6.45) is -3.09. The van der Waals surface area contributed by atoms with E-state index in [9.17, 15) is 22.0 Å². The van der Waals surface area contributed by atoms with Crippen LogP contribution in [0.1, 0.15) is 6.92 Å². The maximum atomic E-state index is 13.2. The van der Waals surface area contributed by atoms with Crippen molar-refractivity contribution in [1.82, 2.24) is 0 Å². The predicted octanol–water partition coefficient (Wildman–Crippen LogP) is 1.65. The lowest BCUT2D eigenvalue weighted by molar-refractivity contribution is -0.184. The number of sulfone groups is 1. The Morgan fingerprint density at radius 1 is 1.26 bits per heavy atom. The van der Waals surface area contributed by atoms with Crippen molar-refractivity contribution in [3.63, 3.8) is 0 Å². The Morgan fingerprint density at radius 3 is 2.21 bits per heavy atom. The second kappa shape index (κ2) is 5.36. The van der Waals surface area contributed by atoms with Gasteiger partial charge < -0.3 is 4.74 Å². The van der Waals surface area contributed by atoms with E-state index in [0.717, 1.165) is 30.5 Å². The van der Waals surface area contributed by atoms with Gasteiger partial charge in [0, 0.05) is 6.26 Å². The largest absolute Gasteiger partial charge is 0.474 e. The molecule has 1 aromatic rings. The lowest BCUT2D eigenvalue weighted by atomic mass is 10.3. The SMILES string of the molecule is CC#CC(=O)C(F)(F)Oc1ccc(S(C)(=O)=O)cc1. The highest BCUT2D eigenvalue weighted by molar-refractivity contribution is 7.90. The second-order valence-electron chi connectivity index (χ2n) is 3.57. The molecule has 0 fully saturated rings. The van der Waals surface area contributed by atoms with E-state index in [1.165, 1.54) is 6.92 Å². The van der Waals surface area contributed by atoms with Crippen LogP contribution in [0.3, 0.4) is 0 Å². The molecule has 0 saturated heterocycles. The first kappa shape index (κ1) is 15.1. The predicted molar refractivity (Wildman–Crippen MR) is 63.6 cm³/mol. The van der Waals surface area contributed by atoms with E-state index < -0.39 is 21.7 Å². The van der Waals surface area contributed by atoms with Crippen LogP contribution >= 0.6 is 0 Å². The number of ether oxygens (including phenoxy) is 1. The lowest BCUT2D eigenvalue weighted by Gasteiger charge is -2.14. The third-order valence-electron chi connectivity index (χ3n) is 2.00. The molecular formula is C12H10F2O4S. The highest BCUT2D eigenvalue weighted by atomic mass is 32.2. The van der Waals surface area contributed by atoms with Crippen molar-refractivity contribution in [2.45, 2.75) is 17.9 Å². The molecule has 1 rings (SSSR count). The first-order valence-electron chi connectivity index (χ1n) is 5.01. The third kappa shape index (κ3) is 4.03. The van der Waals surface area contributed by atoms with Crippen molar-refractivity contribution in [3.8, 4) is 17.6 Å². The number of benzene rings is 1. The van der Waals surface area contributed by atoms with Crippen LogP contribution in [0.25, 0.3) is 0 Å². The topological polar surface area (TPSA) is 60.4 Å². The molecule has 19 heavy (non-hydrogen) atoms. The Morgan fingerprint density at radius 2 is 1.79 bits per heavy atom. The summed E-state index contributed by atoms with van der Waals surface area (Å²) in [4.78, 5) is 10.9. The number of ketones is 1. The zero-order chi connectivity index (χ0) is 14.7. The number of halogens is 2. The van der Waals surface area contributed by atoms with Gasteiger partial charge in [-0.25, -0.2) is 8.42 Å². The van der Waals surface area contributed by atoms with Gasteiger partial charge in [-0.15, -0.1) is 0 Å². The Bertz CT molecular complexity index is 637. The summed E-state index contributed by atoms with van der Waals surface area (Å²) in [7, 11) is -3.42. The maximum Gasteiger partial charge on any atom is 0.474 e. The van der Waals surface area contributed by atoms with Crippen molar-refractivity contribution in [1.29, 1.82) is 0 Å². The molecule has 7 heteroatoms. The van der Waals surface area contributed by atoms with Crippen molar-refractivity contribution in [2.24, 2.45) is 0 Å². The quantitative estimate of drug-likeness (QED) is 0.624. The number of rotatable bonds is 4. The Hall–Kier alpha value is -1.94. The molecule has 0 unspecified atom stereocenters. The van der Waals surface area contributed by atoms with Crippen molar-refractivity contribution >= 4 is 15.6 Å². The van der Waals surface area contributed by atoms with Gasteiger partial charge in [-0.1, -0.05) is 5.92 Å². The fraction of sp³-hybridized carbons (Fsp3) is 0.250. The third-order valence-corrected chi connectivity index (χ3v) is 3.13. The molecule has 0 amide bonds. The van der Waals surface area contributed by atoms with Gasteiger partial charge in [0.15, 0.2) is 9.84 Å². The van der Waals surface area contributed by atoms with Gasteiger partial charge in [0.05, 0.1) is 4.90 Å². The van der Waals surface area contributed by atoms with Crippen molar-refractivity contribution < 1.29 is 26.7 Å². The van der Waals surface area contributed by atoms with Crippen LogP contribution in [-0.2, 0) is 14.6 Å². The summed E-state index contributed by atoms with van der Waals surface area (Å²) in [6.45, 7) is 1.24. The summed E-state index contributed by atoms with van der Waals surface area (Å²) in [5.74, 6) is 1.74. The van der Waals surface area contributed by atoms with Crippen molar-refractivity contribution in [3.05, 3.63) is 24.3 Å². The molecule has 0 saturated carbocycles. The number of carbonyl (C=O) groups is 1. The number of carbonyl (C=O) groups excluding carboxylic acids is 1. The molecule has 1 aromatic carbocycles. The highest BCUT2D eigenvalue weighted by Crippen LogP contribution is 2.23. The standard InChI is InChI=1S/C12H10F2O4S/c1-3-4-11(15)12(13,14)18-9-5-7-10(8-6-9)19(2,16)17/h5-8H,1-2H3. The average molecular weight is 288 g/mol. The molecule has 4 nitrogen and oxygen atoms in total. The number of hydrogen-bond acceptors (Lipinski definition) is 4. The number of Topliss-reactive ketones (excluding diaryl/α,β-unsaturated/α-hetero) is 1. The van der Waals surface area contributed by atoms with Gasteiger partial charge in [0.2, 0.25) is 0 Å². The van der Waals surface area contributed by atoms with Gasteiger partial charge in [-0.05, 0) is 37.1 Å². The van der Waals surface area contributed by atoms with E-state index in [0.29, 0.717) is 0 Å². The first-order valence-corrected chi connectivity index (χ1v) is 6.90. The average Bonchev–Trinajstić information content (AvgIpc) is 2.28. The number of alkyl halides is 2. The lowest BCUT2D eigenvalue weighted by Crippen LogP contribution is -2.34. The molecule has 0 N–H and O–H groups in total. The van der Waals surface area contributed by atoms with Crippen molar-refractivity contribution in [2.75, 3.05) is 6.26 Å². The summed E-state index contributed by atoms with van der Waals surface area (Å²) < 4.78 is 53.0. The Labute approximate surface area is 109 Å². The number of hydrogen-bond donors (Lipinski definition) is 0. The Kier molecular flexibility index (Phi) is 4.27. The summed E-state index contributed by atoms with van der Waals surface area (Å²) in [5.41, 5.74) is 0. The normalized spacial score (nSPS) is 11.4. The van der Waals surface area contributed by atoms with Gasteiger partial charge in [0.25, 0.3) is 0 Å². The van der Waals surface area contributed by atoms with E-state index in [4.69, 9.17) is 0 Å². The minimum Gasteiger partial charge on any atom is -0.426 e. The fourth-order valence-corrected chi connectivity index (χ4v) is 1.77. The molecule has 0 aliphatic heterocycles. The summed E-state index contributed by atoms with van der Waals surface area (Å²) in [6, 6.07) is 4.29. The van der Waals surface area contributed by atoms with Crippen LogP contribution < -0.4 is 4.74 Å². The smallest absolute Gasteiger partial charge is 0.426 e.